The van der Waals surface area contributed by atoms with E-state index >= 15 is 0 Å². The monoisotopic (exact) mass is 410 g/mol. The summed E-state index contributed by atoms with van der Waals surface area (Å²) in [6.07, 6.45) is 0. The molecule has 0 radical (unpaired) electrons. The topological polar surface area (TPSA) is 54.6 Å². The maximum atomic E-state index is 13.2. The lowest BCUT2D eigenvalue weighted by molar-refractivity contribution is 0.0695. The van der Waals surface area contributed by atoms with Crippen LogP contribution < -0.4 is 0 Å². The van der Waals surface area contributed by atoms with Gasteiger partial charge in [-0.05, 0) is 57.7 Å². The van der Waals surface area contributed by atoms with Gasteiger partial charge in [-0.2, -0.15) is 5.10 Å². The minimum absolute atomic E-state index is 0.0802. The van der Waals surface area contributed by atoms with Gasteiger partial charge in [-0.25, -0.2) is 13.7 Å². The summed E-state index contributed by atoms with van der Waals surface area (Å²) in [6.45, 7) is 3.79. The normalized spacial score (nSPS) is 11.4. The highest BCUT2D eigenvalue weighted by molar-refractivity contribution is 9.10. The minimum atomic E-state index is -1.10. The number of aromatic nitrogens is 2. The van der Waals surface area contributed by atoms with Crippen LogP contribution in [0.1, 0.15) is 35.7 Å². The lowest BCUT2D eigenvalue weighted by Crippen LogP contribution is -2.12. The number of aromatic carboxylic acids is 1. The third-order valence-electron chi connectivity index (χ3n) is 3.76. The van der Waals surface area contributed by atoms with Crippen molar-refractivity contribution >= 4 is 39.0 Å². The highest BCUT2D eigenvalue weighted by Gasteiger charge is 2.26. The quantitative estimate of drug-likeness (QED) is 0.630. The van der Waals surface area contributed by atoms with Crippen LogP contribution in [0.3, 0.4) is 0 Å². The van der Waals surface area contributed by atoms with Gasteiger partial charge in [-0.1, -0.05) is 25.4 Å². The number of benzene rings is 1. The first kappa shape index (κ1) is 16.9. The van der Waals surface area contributed by atoms with Gasteiger partial charge in [-0.3, -0.25) is 0 Å². The van der Waals surface area contributed by atoms with Gasteiger partial charge < -0.3 is 5.11 Å². The lowest BCUT2D eigenvalue weighted by atomic mass is 9.93. The van der Waals surface area contributed by atoms with Gasteiger partial charge in [-0.15, -0.1) is 0 Å². The Hall–Kier alpha value is -1.92. The molecule has 7 heteroatoms. The summed E-state index contributed by atoms with van der Waals surface area (Å²) in [5.74, 6) is -1.59. The van der Waals surface area contributed by atoms with Crippen molar-refractivity contribution in [3.63, 3.8) is 0 Å². The number of rotatable bonds is 3. The molecule has 0 saturated carbocycles. The fourth-order valence-electron chi connectivity index (χ4n) is 2.77. The molecular formula is C17H13BrClFN2O2. The van der Waals surface area contributed by atoms with Crippen LogP contribution in [0.4, 0.5) is 4.39 Å². The van der Waals surface area contributed by atoms with Gasteiger partial charge in [0.25, 0.3) is 0 Å². The first-order valence-corrected chi connectivity index (χ1v) is 8.38. The van der Waals surface area contributed by atoms with Crippen LogP contribution >= 0.6 is 27.5 Å². The van der Waals surface area contributed by atoms with E-state index in [0.29, 0.717) is 26.3 Å². The molecule has 0 fully saturated rings. The van der Waals surface area contributed by atoms with Crippen molar-refractivity contribution < 1.29 is 14.3 Å². The number of hydrogen-bond acceptors (Lipinski definition) is 2. The summed E-state index contributed by atoms with van der Waals surface area (Å²) in [5.41, 5.74) is 2.02. The lowest BCUT2D eigenvalue weighted by Gasteiger charge is -2.16. The first-order chi connectivity index (χ1) is 11.3. The van der Waals surface area contributed by atoms with Crippen molar-refractivity contribution in [2.24, 2.45) is 0 Å². The van der Waals surface area contributed by atoms with Gasteiger partial charge in [0.05, 0.1) is 16.1 Å². The van der Waals surface area contributed by atoms with Crippen molar-refractivity contribution in [2.45, 2.75) is 19.8 Å². The zero-order valence-corrected chi connectivity index (χ0v) is 15.2. The standard InChI is InChI=1S/C17H13BrClFN2O2/c1-8(2)13-14(17(23)24)15(9-3-5-10(20)6-4-9)21-22-12(18)7-11(19)16(13)22/h3-8H,1-2H3,(H,23,24). The van der Waals surface area contributed by atoms with Crippen LogP contribution in [0, 0.1) is 5.82 Å². The molecule has 0 aliphatic heterocycles. The molecule has 0 atom stereocenters. The maximum absolute atomic E-state index is 13.2. The number of carbonyl (C=O) groups is 1. The third kappa shape index (κ3) is 2.70. The Morgan fingerprint density at radius 3 is 2.50 bits per heavy atom. The maximum Gasteiger partial charge on any atom is 0.338 e. The Morgan fingerprint density at radius 1 is 1.33 bits per heavy atom. The first-order valence-electron chi connectivity index (χ1n) is 7.21. The van der Waals surface area contributed by atoms with Gasteiger partial charge in [0.15, 0.2) is 0 Å². The van der Waals surface area contributed by atoms with E-state index < -0.39 is 11.8 Å². The fraction of sp³-hybridized carbons (Fsp3) is 0.176. The average molecular weight is 412 g/mol. The summed E-state index contributed by atoms with van der Waals surface area (Å²) in [4.78, 5) is 12.0. The minimum Gasteiger partial charge on any atom is -0.478 e. The van der Waals surface area contributed by atoms with E-state index in [1.165, 1.54) is 24.3 Å². The summed E-state index contributed by atoms with van der Waals surface area (Å²) >= 11 is 9.68. The molecule has 124 valence electrons. The molecule has 0 spiro atoms. The van der Waals surface area contributed by atoms with Crippen LogP contribution in [0.2, 0.25) is 5.02 Å². The number of carboxylic acids is 1. The van der Waals surface area contributed by atoms with E-state index in [-0.39, 0.29) is 17.2 Å². The van der Waals surface area contributed by atoms with Crippen molar-refractivity contribution in [3.8, 4) is 11.3 Å². The van der Waals surface area contributed by atoms with Crippen LogP contribution in [0.5, 0.6) is 0 Å². The highest BCUT2D eigenvalue weighted by Crippen LogP contribution is 2.37. The van der Waals surface area contributed by atoms with E-state index in [2.05, 4.69) is 21.0 Å². The Morgan fingerprint density at radius 2 is 1.96 bits per heavy atom. The van der Waals surface area contributed by atoms with E-state index in [1.54, 1.807) is 10.6 Å². The number of fused-ring (bicyclic) bond motifs is 1. The van der Waals surface area contributed by atoms with E-state index in [0.717, 1.165) is 0 Å². The summed E-state index contributed by atoms with van der Waals surface area (Å²) in [6, 6.07) is 7.26. The molecule has 0 saturated heterocycles. The van der Waals surface area contributed by atoms with Crippen molar-refractivity contribution in [2.75, 3.05) is 0 Å². The molecule has 0 bridgehead atoms. The smallest absolute Gasteiger partial charge is 0.338 e. The second-order valence-electron chi connectivity index (χ2n) is 5.68. The third-order valence-corrected chi connectivity index (χ3v) is 4.61. The number of hydrogen-bond donors (Lipinski definition) is 1. The van der Waals surface area contributed by atoms with Crippen LogP contribution in [0.25, 0.3) is 16.8 Å². The largest absolute Gasteiger partial charge is 0.478 e. The zero-order chi connectivity index (χ0) is 17.6. The van der Waals surface area contributed by atoms with Crippen molar-refractivity contribution in [1.29, 1.82) is 0 Å². The van der Waals surface area contributed by atoms with Gasteiger partial charge >= 0.3 is 5.97 Å². The summed E-state index contributed by atoms with van der Waals surface area (Å²) in [7, 11) is 0. The molecule has 2 heterocycles. The molecule has 0 unspecified atom stereocenters. The van der Waals surface area contributed by atoms with Gasteiger partial charge in [0.1, 0.15) is 16.1 Å². The van der Waals surface area contributed by atoms with E-state index in [4.69, 9.17) is 11.6 Å². The van der Waals surface area contributed by atoms with Crippen LogP contribution in [0.15, 0.2) is 34.9 Å². The molecule has 0 aliphatic rings. The Labute approximate surface area is 151 Å². The number of carboxylic acid groups (broad SMARTS) is 1. The second-order valence-corrected chi connectivity index (χ2v) is 6.90. The highest BCUT2D eigenvalue weighted by atomic mass is 79.9. The van der Waals surface area contributed by atoms with E-state index in [1.807, 2.05) is 13.8 Å². The van der Waals surface area contributed by atoms with Gasteiger partial charge in [0.2, 0.25) is 0 Å². The molecule has 24 heavy (non-hydrogen) atoms. The van der Waals surface area contributed by atoms with Crippen LogP contribution in [-0.4, -0.2) is 20.7 Å². The molecule has 2 aromatic heterocycles. The number of nitrogens with zero attached hydrogens (tertiary/aromatic N) is 2. The van der Waals surface area contributed by atoms with Crippen molar-refractivity contribution in [3.05, 3.63) is 56.9 Å². The molecular weight excluding hydrogens is 399 g/mol. The summed E-state index contributed by atoms with van der Waals surface area (Å²) in [5, 5.41) is 14.7. The fourth-order valence-corrected chi connectivity index (χ4v) is 3.67. The van der Waals surface area contributed by atoms with Gasteiger partial charge in [0, 0.05) is 5.56 Å². The van der Waals surface area contributed by atoms with Crippen LogP contribution in [-0.2, 0) is 0 Å². The SMILES string of the molecule is CC(C)c1c(C(=O)O)c(-c2ccc(F)cc2)nn2c(Br)cc(Cl)c12. The average Bonchev–Trinajstić information content (AvgIpc) is 2.80. The molecule has 0 aliphatic carbocycles. The predicted molar refractivity (Wildman–Crippen MR) is 94.3 cm³/mol. The van der Waals surface area contributed by atoms with Crippen molar-refractivity contribution in [1.82, 2.24) is 9.61 Å². The zero-order valence-electron chi connectivity index (χ0n) is 12.8. The molecule has 1 N–H and O–H groups in total. The second kappa shape index (κ2) is 6.18. The Kier molecular flexibility index (Phi) is 4.36. The molecule has 1 aromatic carbocycles. The van der Waals surface area contributed by atoms with E-state index in [9.17, 15) is 14.3 Å². The Balaban J connectivity index is 2.48. The molecule has 3 aromatic rings. The number of halogens is 3. The molecule has 4 nitrogen and oxygen atoms in total. The molecule has 3 rings (SSSR count). The Bertz CT molecular complexity index is 952. The summed E-state index contributed by atoms with van der Waals surface area (Å²) < 4.78 is 15.4. The molecule has 0 amide bonds. The predicted octanol–water partition coefficient (Wildman–Crippen LogP) is 5.38.